The van der Waals surface area contributed by atoms with Crippen LogP contribution in [0.5, 0.6) is 0 Å². The lowest BCUT2D eigenvalue weighted by Gasteiger charge is -2.23. The summed E-state index contributed by atoms with van der Waals surface area (Å²) in [6, 6.07) is 0.785. The number of carbonyl (C=O) groups is 1. The summed E-state index contributed by atoms with van der Waals surface area (Å²) in [6.07, 6.45) is 2.67. The second kappa shape index (κ2) is 8.52. The van der Waals surface area contributed by atoms with Crippen LogP contribution in [0.25, 0.3) is 0 Å². The van der Waals surface area contributed by atoms with Gasteiger partial charge in [0.1, 0.15) is 0 Å². The third-order valence-corrected chi connectivity index (χ3v) is 4.87. The van der Waals surface area contributed by atoms with Gasteiger partial charge >= 0.3 is 5.97 Å². The van der Waals surface area contributed by atoms with Gasteiger partial charge in [-0.15, -0.1) is 0 Å². The fourth-order valence-electron chi connectivity index (χ4n) is 3.35. The quantitative estimate of drug-likeness (QED) is 0.433. The van der Waals surface area contributed by atoms with E-state index in [9.17, 15) is 4.79 Å². The van der Waals surface area contributed by atoms with Crippen LogP contribution in [0.15, 0.2) is 4.99 Å². The van der Waals surface area contributed by atoms with Crippen LogP contribution in [-0.4, -0.2) is 74.1 Å². The van der Waals surface area contributed by atoms with E-state index >= 15 is 0 Å². The second-order valence-corrected chi connectivity index (χ2v) is 6.61. The normalized spacial score (nSPS) is 25.1. The van der Waals surface area contributed by atoms with Crippen LogP contribution in [0.1, 0.15) is 33.6 Å². The number of rotatable bonds is 7. The van der Waals surface area contributed by atoms with Crippen LogP contribution in [-0.2, 0) is 9.53 Å². The van der Waals surface area contributed by atoms with Crippen molar-refractivity contribution in [3.63, 3.8) is 0 Å². The first-order valence-corrected chi connectivity index (χ1v) is 8.95. The molecule has 0 aromatic carbocycles. The molecule has 1 saturated carbocycles. The molecule has 2 rings (SSSR count). The smallest absolute Gasteiger partial charge is 0.310 e. The molecule has 0 spiro atoms. The molecule has 1 aliphatic heterocycles. The van der Waals surface area contributed by atoms with Gasteiger partial charge in [0.2, 0.25) is 0 Å². The van der Waals surface area contributed by atoms with E-state index in [1.807, 2.05) is 0 Å². The molecular formula is C17H32N4O2. The maximum Gasteiger partial charge on any atom is 0.310 e. The highest BCUT2D eigenvalue weighted by molar-refractivity contribution is 5.82. The van der Waals surface area contributed by atoms with Gasteiger partial charge in [0.05, 0.1) is 19.6 Å². The molecule has 1 N–H and O–H groups in total. The van der Waals surface area contributed by atoms with Gasteiger partial charge in [-0.3, -0.25) is 14.7 Å². The third-order valence-electron chi connectivity index (χ3n) is 4.87. The van der Waals surface area contributed by atoms with Crippen LogP contribution < -0.4 is 5.32 Å². The lowest BCUT2D eigenvalue weighted by atomic mass is 9.99. The highest BCUT2D eigenvalue weighted by Crippen LogP contribution is 2.26. The minimum Gasteiger partial charge on any atom is -0.469 e. The number of methoxy groups -OCH3 is 1. The summed E-state index contributed by atoms with van der Waals surface area (Å²) in [6.45, 7) is 11.7. The highest BCUT2D eigenvalue weighted by Gasteiger charge is 2.36. The standard InChI is InChI=1S/C17H32N4O2/c1-5-18-17(19-9-10-20(6-2)14-7-8-14)21-11-13(3)15(12-21)16(22)23-4/h13-15H,5-12H2,1-4H3,(H,18,19). The number of esters is 1. The molecule has 6 heteroatoms. The van der Waals surface area contributed by atoms with E-state index in [1.165, 1.54) is 20.0 Å². The van der Waals surface area contributed by atoms with Gasteiger partial charge in [-0.1, -0.05) is 13.8 Å². The number of guanidine groups is 1. The Morgan fingerprint density at radius 1 is 1.35 bits per heavy atom. The van der Waals surface area contributed by atoms with E-state index in [2.05, 4.69) is 35.9 Å². The Bertz CT molecular complexity index is 423. The molecule has 0 aromatic rings. The van der Waals surface area contributed by atoms with Crippen molar-refractivity contribution in [3.8, 4) is 0 Å². The molecule has 1 saturated heterocycles. The summed E-state index contributed by atoms with van der Waals surface area (Å²) in [5.74, 6) is 1.06. The molecular weight excluding hydrogens is 292 g/mol. The van der Waals surface area contributed by atoms with E-state index in [0.717, 1.165) is 44.7 Å². The van der Waals surface area contributed by atoms with Crippen molar-refractivity contribution in [1.82, 2.24) is 15.1 Å². The first-order valence-electron chi connectivity index (χ1n) is 8.95. The Balaban J connectivity index is 1.92. The zero-order valence-electron chi connectivity index (χ0n) is 15.0. The predicted molar refractivity (Wildman–Crippen MR) is 92.5 cm³/mol. The Hall–Kier alpha value is -1.30. The maximum absolute atomic E-state index is 11.9. The zero-order valence-corrected chi connectivity index (χ0v) is 15.0. The molecule has 6 nitrogen and oxygen atoms in total. The molecule has 23 heavy (non-hydrogen) atoms. The van der Waals surface area contributed by atoms with Gasteiger partial charge in [-0.2, -0.15) is 0 Å². The van der Waals surface area contributed by atoms with Crippen LogP contribution in [0, 0.1) is 11.8 Å². The van der Waals surface area contributed by atoms with E-state index in [1.54, 1.807) is 0 Å². The first-order chi connectivity index (χ1) is 11.1. The molecule has 2 fully saturated rings. The number of aliphatic imine (C=N–C) groups is 1. The van der Waals surface area contributed by atoms with E-state index in [-0.39, 0.29) is 11.9 Å². The minimum atomic E-state index is -0.110. The molecule has 1 aliphatic carbocycles. The van der Waals surface area contributed by atoms with Crippen molar-refractivity contribution in [2.24, 2.45) is 16.8 Å². The van der Waals surface area contributed by atoms with Crippen molar-refractivity contribution in [2.75, 3.05) is 46.4 Å². The molecule has 1 heterocycles. The fraction of sp³-hybridized carbons (Fsp3) is 0.882. The Morgan fingerprint density at radius 3 is 2.65 bits per heavy atom. The summed E-state index contributed by atoms with van der Waals surface area (Å²) >= 11 is 0. The van der Waals surface area contributed by atoms with Gasteiger partial charge in [0, 0.05) is 32.2 Å². The minimum absolute atomic E-state index is 0.0533. The average molecular weight is 324 g/mol. The van der Waals surface area contributed by atoms with Gasteiger partial charge in [-0.05, 0) is 32.2 Å². The second-order valence-electron chi connectivity index (χ2n) is 6.61. The molecule has 0 radical (unpaired) electrons. The number of likely N-dealkylation sites (tertiary alicyclic amines) is 1. The van der Waals surface area contributed by atoms with Gasteiger partial charge in [0.15, 0.2) is 5.96 Å². The monoisotopic (exact) mass is 324 g/mol. The predicted octanol–water partition coefficient (Wildman–Crippen LogP) is 1.18. The number of hydrogen-bond donors (Lipinski definition) is 1. The van der Waals surface area contributed by atoms with Crippen molar-refractivity contribution < 1.29 is 9.53 Å². The van der Waals surface area contributed by atoms with E-state index in [4.69, 9.17) is 9.73 Å². The molecule has 2 atom stereocenters. The summed E-state index contributed by atoms with van der Waals surface area (Å²) < 4.78 is 4.92. The lowest BCUT2D eigenvalue weighted by Crippen LogP contribution is -2.41. The van der Waals surface area contributed by atoms with Crippen LogP contribution in [0.2, 0.25) is 0 Å². The zero-order chi connectivity index (χ0) is 16.8. The molecule has 0 bridgehead atoms. The van der Waals surface area contributed by atoms with Crippen LogP contribution in [0.3, 0.4) is 0 Å². The Labute approximate surface area is 140 Å². The van der Waals surface area contributed by atoms with Crippen molar-refractivity contribution in [3.05, 3.63) is 0 Å². The molecule has 2 aliphatic rings. The number of hydrogen-bond acceptors (Lipinski definition) is 4. The van der Waals surface area contributed by atoms with Crippen molar-refractivity contribution in [1.29, 1.82) is 0 Å². The van der Waals surface area contributed by atoms with Gasteiger partial charge in [0.25, 0.3) is 0 Å². The van der Waals surface area contributed by atoms with E-state index in [0.29, 0.717) is 12.5 Å². The maximum atomic E-state index is 11.9. The van der Waals surface area contributed by atoms with Gasteiger partial charge < -0.3 is 15.0 Å². The first kappa shape index (κ1) is 18.0. The number of carbonyl (C=O) groups excluding carboxylic acids is 1. The van der Waals surface area contributed by atoms with Crippen molar-refractivity contribution >= 4 is 11.9 Å². The van der Waals surface area contributed by atoms with Crippen LogP contribution in [0.4, 0.5) is 0 Å². The SMILES string of the molecule is CCNC(=NCCN(CC)C1CC1)N1CC(C)C(C(=O)OC)C1. The fourth-order valence-corrected chi connectivity index (χ4v) is 3.35. The topological polar surface area (TPSA) is 57.2 Å². The van der Waals surface area contributed by atoms with E-state index < -0.39 is 0 Å². The molecule has 0 amide bonds. The number of nitrogens with one attached hydrogen (secondary N) is 1. The number of ether oxygens (including phenoxy) is 1. The van der Waals surface area contributed by atoms with Crippen LogP contribution >= 0.6 is 0 Å². The Morgan fingerprint density at radius 2 is 2.09 bits per heavy atom. The number of likely N-dealkylation sites (N-methyl/N-ethyl adjacent to an activating group) is 1. The Kier molecular flexibility index (Phi) is 6.69. The summed E-state index contributed by atoms with van der Waals surface area (Å²) in [4.78, 5) is 21.4. The molecule has 132 valence electrons. The highest BCUT2D eigenvalue weighted by atomic mass is 16.5. The summed E-state index contributed by atoms with van der Waals surface area (Å²) in [5, 5.41) is 3.36. The summed E-state index contributed by atoms with van der Waals surface area (Å²) in [7, 11) is 1.47. The number of nitrogens with zero attached hydrogens (tertiary/aromatic N) is 3. The summed E-state index contributed by atoms with van der Waals surface area (Å²) in [5.41, 5.74) is 0. The lowest BCUT2D eigenvalue weighted by molar-refractivity contribution is -0.145. The van der Waals surface area contributed by atoms with Crippen molar-refractivity contribution in [2.45, 2.75) is 39.7 Å². The van der Waals surface area contributed by atoms with Gasteiger partial charge in [-0.25, -0.2) is 0 Å². The third kappa shape index (κ3) is 4.83. The molecule has 2 unspecified atom stereocenters. The largest absolute Gasteiger partial charge is 0.469 e. The average Bonchev–Trinajstić information content (AvgIpc) is 3.31. The molecule has 0 aromatic heterocycles.